The zero-order valence-electron chi connectivity index (χ0n) is 42.6. The van der Waals surface area contributed by atoms with E-state index in [2.05, 4.69) is 154 Å². The van der Waals surface area contributed by atoms with Gasteiger partial charge in [-0.25, -0.2) is 0 Å². The van der Waals surface area contributed by atoms with Crippen molar-refractivity contribution in [3.05, 3.63) is 146 Å². The van der Waals surface area contributed by atoms with Crippen molar-refractivity contribution in [1.82, 2.24) is 0 Å². The van der Waals surface area contributed by atoms with E-state index in [1.165, 1.54) is 25.7 Å². The predicted molar refractivity (Wildman–Crippen MR) is 288 cm³/mol. The standard InChI is InChI=1S/C61H94O6/c1-4-7-10-13-16-19-22-25-28-30-31-32-34-36-39-42-45-48-51-54-60(63)66-57-58(56-65-59(62)53-50-47-44-41-38-35-27-24-21-18-15-12-9-6-3)67-61(64)55-52-49-46-43-40-37-33-29-26-23-20-17-14-11-8-5-2/h7-12,16-21,25-26,28-29,31-32,36-37,39-40,45,48,58H,4-6,13-15,22-24,27,30,33-35,38,41-44,46-47,49-57H2,1-3H3/b10-7-,11-8-,12-9-,19-16-,20-17-,21-18-,28-25-,29-26-,32-31-,39-36-,40-37-,48-45-. The lowest BCUT2D eigenvalue weighted by molar-refractivity contribution is -0.166. The lowest BCUT2D eigenvalue weighted by atomic mass is 10.1. The summed E-state index contributed by atoms with van der Waals surface area (Å²) in [6, 6.07) is 0. The molecular formula is C61H94O6. The van der Waals surface area contributed by atoms with Crippen LogP contribution in [0.1, 0.15) is 201 Å². The molecule has 0 amide bonds. The molecule has 0 saturated carbocycles. The predicted octanol–water partition coefficient (Wildman–Crippen LogP) is 17.6. The van der Waals surface area contributed by atoms with E-state index in [4.69, 9.17) is 14.2 Å². The Kier molecular flexibility index (Phi) is 50.1. The van der Waals surface area contributed by atoms with E-state index in [1.54, 1.807) is 0 Å². The number of allylic oxidation sites excluding steroid dienone is 24. The Balaban J connectivity index is 4.60. The van der Waals surface area contributed by atoms with Gasteiger partial charge in [0.2, 0.25) is 0 Å². The molecule has 0 saturated heterocycles. The maximum Gasteiger partial charge on any atom is 0.306 e. The Morgan fingerprint density at radius 2 is 0.567 bits per heavy atom. The van der Waals surface area contributed by atoms with Gasteiger partial charge >= 0.3 is 17.9 Å². The van der Waals surface area contributed by atoms with Crippen LogP contribution in [0, 0.1) is 0 Å². The largest absolute Gasteiger partial charge is 0.462 e. The molecule has 0 N–H and O–H groups in total. The van der Waals surface area contributed by atoms with Gasteiger partial charge < -0.3 is 14.2 Å². The average molecular weight is 923 g/mol. The van der Waals surface area contributed by atoms with Crippen LogP contribution >= 0.6 is 0 Å². The molecule has 0 fully saturated rings. The highest BCUT2D eigenvalue weighted by Gasteiger charge is 2.19. The number of hydrogen-bond acceptors (Lipinski definition) is 6. The number of esters is 3. The highest BCUT2D eigenvalue weighted by molar-refractivity contribution is 5.71. The van der Waals surface area contributed by atoms with Crippen LogP contribution in [0.25, 0.3) is 0 Å². The number of hydrogen-bond donors (Lipinski definition) is 0. The summed E-state index contributed by atoms with van der Waals surface area (Å²) in [5.41, 5.74) is 0. The fraction of sp³-hybridized carbons (Fsp3) is 0.557. The Hall–Kier alpha value is -4.71. The maximum atomic E-state index is 12.8. The number of carbonyl (C=O) groups excluding carboxylic acids is 3. The minimum Gasteiger partial charge on any atom is -0.462 e. The summed E-state index contributed by atoms with van der Waals surface area (Å²) >= 11 is 0. The molecule has 374 valence electrons. The van der Waals surface area contributed by atoms with Crippen molar-refractivity contribution < 1.29 is 28.6 Å². The summed E-state index contributed by atoms with van der Waals surface area (Å²) in [7, 11) is 0. The Labute approximate surface area is 410 Å². The molecule has 1 atom stereocenters. The number of ether oxygens (including phenoxy) is 3. The van der Waals surface area contributed by atoms with Gasteiger partial charge in [-0.1, -0.05) is 205 Å². The molecule has 0 spiro atoms. The second-order valence-corrected chi connectivity index (χ2v) is 16.6. The summed E-state index contributed by atoms with van der Waals surface area (Å²) in [6.45, 7) is 6.18. The maximum absolute atomic E-state index is 12.8. The summed E-state index contributed by atoms with van der Waals surface area (Å²) in [5.74, 6) is -1.06. The highest BCUT2D eigenvalue weighted by Crippen LogP contribution is 2.12. The highest BCUT2D eigenvalue weighted by atomic mass is 16.6. The molecule has 0 heterocycles. The van der Waals surface area contributed by atoms with Crippen molar-refractivity contribution in [3.63, 3.8) is 0 Å². The van der Waals surface area contributed by atoms with E-state index < -0.39 is 6.10 Å². The molecule has 0 rings (SSSR count). The third-order valence-electron chi connectivity index (χ3n) is 10.3. The van der Waals surface area contributed by atoms with Crippen LogP contribution in [-0.4, -0.2) is 37.2 Å². The topological polar surface area (TPSA) is 78.9 Å². The minimum atomic E-state index is -0.835. The van der Waals surface area contributed by atoms with Gasteiger partial charge in [0.05, 0.1) is 0 Å². The molecule has 1 unspecified atom stereocenters. The molecule has 0 radical (unpaired) electrons. The van der Waals surface area contributed by atoms with Gasteiger partial charge in [-0.3, -0.25) is 14.4 Å². The first-order valence-corrected chi connectivity index (χ1v) is 26.3. The molecular weight excluding hydrogens is 829 g/mol. The van der Waals surface area contributed by atoms with E-state index in [9.17, 15) is 14.4 Å². The molecule has 0 aliphatic heterocycles. The van der Waals surface area contributed by atoms with E-state index in [0.717, 1.165) is 122 Å². The van der Waals surface area contributed by atoms with E-state index >= 15 is 0 Å². The molecule has 0 aromatic rings. The smallest absolute Gasteiger partial charge is 0.306 e. The van der Waals surface area contributed by atoms with Crippen LogP contribution in [0.3, 0.4) is 0 Å². The van der Waals surface area contributed by atoms with Crippen LogP contribution in [0.4, 0.5) is 0 Å². The van der Waals surface area contributed by atoms with Gasteiger partial charge in [0.15, 0.2) is 6.10 Å². The van der Waals surface area contributed by atoms with Crippen LogP contribution in [0.2, 0.25) is 0 Å². The van der Waals surface area contributed by atoms with Crippen molar-refractivity contribution in [2.45, 2.75) is 207 Å². The van der Waals surface area contributed by atoms with Gasteiger partial charge in [0, 0.05) is 19.3 Å². The minimum absolute atomic E-state index is 0.125. The molecule has 0 aliphatic rings. The van der Waals surface area contributed by atoms with Crippen molar-refractivity contribution in [2.75, 3.05) is 13.2 Å². The lowest BCUT2D eigenvalue weighted by Crippen LogP contribution is -2.30. The summed E-state index contributed by atoms with van der Waals surface area (Å²) in [6.07, 6.45) is 77.0. The van der Waals surface area contributed by atoms with E-state index in [0.29, 0.717) is 19.3 Å². The Morgan fingerprint density at radius 3 is 0.940 bits per heavy atom. The van der Waals surface area contributed by atoms with Gasteiger partial charge in [-0.2, -0.15) is 0 Å². The monoisotopic (exact) mass is 923 g/mol. The fourth-order valence-electron chi connectivity index (χ4n) is 6.49. The van der Waals surface area contributed by atoms with Gasteiger partial charge in [0.1, 0.15) is 13.2 Å². The summed E-state index contributed by atoms with van der Waals surface area (Å²) in [5, 5.41) is 0. The Bertz CT molecular complexity index is 1530. The second kappa shape index (κ2) is 53.9. The molecule has 0 bridgehead atoms. The molecule has 0 aliphatic carbocycles. The van der Waals surface area contributed by atoms with Crippen molar-refractivity contribution in [3.8, 4) is 0 Å². The third-order valence-corrected chi connectivity index (χ3v) is 10.3. The second-order valence-electron chi connectivity index (χ2n) is 16.6. The SMILES string of the molecule is CC/C=C\C/C=C\C/C=C\C/C=C\C/C=C\C/C=C\CCC(=O)OCC(COC(=O)CCCCCCCCC/C=C\C/C=C\CC)OC(=O)CCCCC/C=C\C/C=C\C/C=C\C/C=C\CC. The molecule has 6 nitrogen and oxygen atoms in total. The molecule has 0 aromatic carbocycles. The fourth-order valence-corrected chi connectivity index (χ4v) is 6.49. The molecule has 6 heteroatoms. The Morgan fingerprint density at radius 1 is 0.299 bits per heavy atom. The summed E-state index contributed by atoms with van der Waals surface area (Å²) in [4.78, 5) is 38.0. The zero-order valence-corrected chi connectivity index (χ0v) is 42.6. The van der Waals surface area contributed by atoms with Crippen molar-refractivity contribution in [1.29, 1.82) is 0 Å². The first-order valence-electron chi connectivity index (χ1n) is 26.3. The van der Waals surface area contributed by atoms with Crippen LogP contribution in [-0.2, 0) is 28.6 Å². The van der Waals surface area contributed by atoms with Gasteiger partial charge in [0.25, 0.3) is 0 Å². The van der Waals surface area contributed by atoms with Crippen LogP contribution in [0.15, 0.2) is 146 Å². The first-order chi connectivity index (χ1) is 33.0. The quantitative estimate of drug-likeness (QED) is 0.0262. The normalized spacial score (nSPS) is 13.3. The van der Waals surface area contributed by atoms with Gasteiger partial charge in [-0.15, -0.1) is 0 Å². The van der Waals surface area contributed by atoms with E-state index in [1.807, 2.05) is 12.2 Å². The average Bonchev–Trinajstić information content (AvgIpc) is 3.33. The van der Waals surface area contributed by atoms with Crippen LogP contribution in [0.5, 0.6) is 0 Å². The number of carbonyl (C=O) groups is 3. The van der Waals surface area contributed by atoms with Crippen molar-refractivity contribution in [2.24, 2.45) is 0 Å². The van der Waals surface area contributed by atoms with Crippen LogP contribution < -0.4 is 0 Å². The summed E-state index contributed by atoms with van der Waals surface area (Å²) < 4.78 is 16.7. The number of rotatable bonds is 45. The lowest BCUT2D eigenvalue weighted by Gasteiger charge is -2.18. The first kappa shape index (κ1) is 62.3. The zero-order chi connectivity index (χ0) is 48.6. The third kappa shape index (κ3) is 52.1. The number of unbranched alkanes of at least 4 members (excludes halogenated alkanes) is 10. The van der Waals surface area contributed by atoms with Gasteiger partial charge in [-0.05, 0) is 122 Å². The molecule has 67 heavy (non-hydrogen) atoms. The van der Waals surface area contributed by atoms with E-state index in [-0.39, 0.29) is 44.0 Å². The van der Waals surface area contributed by atoms with Crippen molar-refractivity contribution >= 4 is 17.9 Å². The molecule has 0 aromatic heterocycles.